The van der Waals surface area contributed by atoms with Gasteiger partial charge in [-0.2, -0.15) is 0 Å². The Bertz CT molecular complexity index is 314. The minimum Gasteiger partial charge on any atom is -0.375 e. The van der Waals surface area contributed by atoms with Gasteiger partial charge in [0, 0.05) is 31.3 Å². The van der Waals surface area contributed by atoms with Crippen molar-refractivity contribution in [3.05, 3.63) is 0 Å². The largest absolute Gasteiger partial charge is 0.375 e. The molecule has 2 unspecified atom stereocenters. The average molecular weight is 280 g/mol. The van der Waals surface area contributed by atoms with E-state index in [0.717, 1.165) is 18.7 Å². The van der Waals surface area contributed by atoms with Gasteiger partial charge in [0.25, 0.3) is 0 Å². The van der Waals surface area contributed by atoms with Gasteiger partial charge in [-0.05, 0) is 51.5 Å². The number of likely N-dealkylation sites (tertiary alicyclic amines) is 1. The molecule has 1 N–H and O–H groups in total. The van der Waals surface area contributed by atoms with Crippen LogP contribution in [0.15, 0.2) is 0 Å². The van der Waals surface area contributed by atoms with Crippen LogP contribution in [0.2, 0.25) is 0 Å². The first-order valence-electron chi connectivity index (χ1n) is 8.82. The molecule has 1 saturated carbocycles. The Balaban J connectivity index is 1.60. The smallest absolute Gasteiger partial charge is 0.0697 e. The number of nitrogens with one attached hydrogen (secondary N) is 1. The van der Waals surface area contributed by atoms with Gasteiger partial charge in [0.2, 0.25) is 0 Å². The highest BCUT2D eigenvalue weighted by molar-refractivity contribution is 4.98. The van der Waals surface area contributed by atoms with Crippen molar-refractivity contribution in [3.63, 3.8) is 0 Å². The molecule has 2 heterocycles. The number of nitrogens with zero attached hydrogens (tertiary/aromatic N) is 1. The van der Waals surface area contributed by atoms with Crippen LogP contribution >= 0.6 is 0 Å². The second kappa shape index (κ2) is 6.33. The Morgan fingerprint density at radius 1 is 1.20 bits per heavy atom. The number of hydrogen-bond donors (Lipinski definition) is 1. The van der Waals surface area contributed by atoms with Gasteiger partial charge in [0.05, 0.1) is 5.60 Å². The third kappa shape index (κ3) is 3.20. The van der Waals surface area contributed by atoms with E-state index in [-0.39, 0.29) is 5.60 Å². The lowest BCUT2D eigenvalue weighted by molar-refractivity contribution is -0.153. The highest BCUT2D eigenvalue weighted by Crippen LogP contribution is 2.44. The third-order valence-corrected chi connectivity index (χ3v) is 5.64. The van der Waals surface area contributed by atoms with E-state index in [2.05, 4.69) is 24.1 Å². The zero-order valence-electron chi connectivity index (χ0n) is 13.4. The zero-order chi connectivity index (χ0) is 14.0. The molecule has 1 spiro atoms. The summed E-state index contributed by atoms with van der Waals surface area (Å²) in [6.07, 6.45) is 10.7. The fraction of sp³-hybridized carbons (Fsp3) is 1.00. The van der Waals surface area contributed by atoms with Gasteiger partial charge in [0.15, 0.2) is 0 Å². The molecule has 2 atom stereocenters. The van der Waals surface area contributed by atoms with Crippen molar-refractivity contribution in [1.29, 1.82) is 0 Å². The Hall–Kier alpha value is -0.120. The number of rotatable bonds is 4. The fourth-order valence-electron chi connectivity index (χ4n) is 4.30. The van der Waals surface area contributed by atoms with E-state index in [1.807, 2.05) is 0 Å². The topological polar surface area (TPSA) is 24.5 Å². The van der Waals surface area contributed by atoms with E-state index < -0.39 is 0 Å². The van der Waals surface area contributed by atoms with Gasteiger partial charge in [-0.15, -0.1) is 0 Å². The second-order valence-corrected chi connectivity index (χ2v) is 7.48. The molecule has 0 amide bonds. The van der Waals surface area contributed by atoms with Crippen LogP contribution < -0.4 is 5.32 Å². The standard InChI is InChI=1S/C17H32N2O/c1-14(2)18-13-16-6-3-4-10-19(16)15-7-11-20-17(12-15)8-5-9-17/h14-16,18H,3-13H2,1-2H3. The molecular weight excluding hydrogens is 248 g/mol. The van der Waals surface area contributed by atoms with E-state index >= 15 is 0 Å². The molecule has 0 bridgehead atoms. The lowest BCUT2D eigenvalue weighted by Gasteiger charge is -2.52. The lowest BCUT2D eigenvalue weighted by Crippen LogP contribution is -2.57. The molecule has 0 aromatic rings. The quantitative estimate of drug-likeness (QED) is 0.857. The maximum Gasteiger partial charge on any atom is 0.0697 e. The van der Waals surface area contributed by atoms with E-state index in [0.29, 0.717) is 6.04 Å². The van der Waals surface area contributed by atoms with E-state index in [4.69, 9.17) is 4.74 Å². The Labute approximate surface area is 124 Å². The molecule has 3 fully saturated rings. The van der Waals surface area contributed by atoms with Gasteiger partial charge in [0.1, 0.15) is 0 Å². The van der Waals surface area contributed by atoms with Crippen LogP contribution in [-0.4, -0.2) is 48.3 Å². The van der Waals surface area contributed by atoms with E-state index in [1.165, 1.54) is 64.5 Å². The van der Waals surface area contributed by atoms with Crippen molar-refractivity contribution in [2.75, 3.05) is 19.7 Å². The monoisotopic (exact) mass is 280 g/mol. The maximum atomic E-state index is 6.11. The SMILES string of the molecule is CC(C)NCC1CCCCN1C1CCOC2(CCC2)C1. The van der Waals surface area contributed by atoms with Gasteiger partial charge in [-0.1, -0.05) is 20.3 Å². The molecular formula is C17H32N2O. The highest BCUT2D eigenvalue weighted by atomic mass is 16.5. The van der Waals surface area contributed by atoms with Crippen molar-refractivity contribution in [3.8, 4) is 0 Å². The summed E-state index contributed by atoms with van der Waals surface area (Å²) in [5.41, 5.74) is 0.288. The second-order valence-electron chi connectivity index (χ2n) is 7.48. The van der Waals surface area contributed by atoms with Crippen LogP contribution in [0.4, 0.5) is 0 Å². The van der Waals surface area contributed by atoms with Gasteiger partial charge in [-0.3, -0.25) is 4.90 Å². The summed E-state index contributed by atoms with van der Waals surface area (Å²) in [7, 11) is 0. The summed E-state index contributed by atoms with van der Waals surface area (Å²) >= 11 is 0. The number of hydrogen-bond acceptors (Lipinski definition) is 3. The fourth-order valence-corrected chi connectivity index (χ4v) is 4.30. The molecule has 0 aromatic carbocycles. The summed E-state index contributed by atoms with van der Waals surface area (Å²) in [6.45, 7) is 7.98. The van der Waals surface area contributed by atoms with Gasteiger partial charge >= 0.3 is 0 Å². The predicted molar refractivity (Wildman–Crippen MR) is 83.0 cm³/mol. The summed E-state index contributed by atoms with van der Waals surface area (Å²) < 4.78 is 6.11. The first-order valence-corrected chi connectivity index (χ1v) is 8.82. The summed E-state index contributed by atoms with van der Waals surface area (Å²) in [5, 5.41) is 3.66. The van der Waals surface area contributed by atoms with E-state index in [1.54, 1.807) is 0 Å². The average Bonchev–Trinajstić information content (AvgIpc) is 2.44. The van der Waals surface area contributed by atoms with Crippen molar-refractivity contribution in [2.24, 2.45) is 0 Å². The van der Waals surface area contributed by atoms with Crippen molar-refractivity contribution >= 4 is 0 Å². The molecule has 3 rings (SSSR count). The first-order chi connectivity index (χ1) is 9.69. The molecule has 116 valence electrons. The minimum atomic E-state index is 0.288. The van der Waals surface area contributed by atoms with Crippen LogP contribution in [0.1, 0.15) is 65.2 Å². The van der Waals surface area contributed by atoms with Crippen LogP contribution in [0.3, 0.4) is 0 Å². The molecule has 1 aliphatic carbocycles. The molecule has 3 heteroatoms. The Kier molecular flexibility index (Phi) is 4.68. The molecule has 0 aromatic heterocycles. The van der Waals surface area contributed by atoms with Crippen LogP contribution in [0.5, 0.6) is 0 Å². The summed E-state index contributed by atoms with van der Waals surface area (Å²) in [4.78, 5) is 2.83. The minimum absolute atomic E-state index is 0.288. The molecule has 2 saturated heterocycles. The maximum absolute atomic E-state index is 6.11. The molecule has 0 radical (unpaired) electrons. The normalized spacial score (nSPS) is 34.4. The Morgan fingerprint density at radius 3 is 2.75 bits per heavy atom. The molecule has 2 aliphatic heterocycles. The summed E-state index contributed by atoms with van der Waals surface area (Å²) in [5.74, 6) is 0. The molecule has 20 heavy (non-hydrogen) atoms. The zero-order valence-corrected chi connectivity index (χ0v) is 13.4. The van der Waals surface area contributed by atoms with Crippen LogP contribution in [0.25, 0.3) is 0 Å². The van der Waals surface area contributed by atoms with Crippen molar-refractivity contribution in [2.45, 2.75) is 88.9 Å². The number of piperidine rings is 1. The molecule has 3 aliphatic rings. The number of ether oxygens (including phenoxy) is 1. The van der Waals surface area contributed by atoms with Crippen LogP contribution in [-0.2, 0) is 4.74 Å². The highest BCUT2D eigenvalue weighted by Gasteiger charge is 2.44. The van der Waals surface area contributed by atoms with Gasteiger partial charge < -0.3 is 10.1 Å². The first kappa shape index (κ1) is 14.8. The van der Waals surface area contributed by atoms with E-state index in [9.17, 15) is 0 Å². The molecule has 3 nitrogen and oxygen atoms in total. The van der Waals surface area contributed by atoms with Crippen molar-refractivity contribution in [1.82, 2.24) is 10.2 Å². The Morgan fingerprint density at radius 2 is 2.05 bits per heavy atom. The predicted octanol–water partition coefficient (Wildman–Crippen LogP) is 2.94. The van der Waals surface area contributed by atoms with Crippen LogP contribution in [0, 0.1) is 0 Å². The van der Waals surface area contributed by atoms with Crippen molar-refractivity contribution < 1.29 is 4.74 Å². The third-order valence-electron chi connectivity index (χ3n) is 5.64. The summed E-state index contributed by atoms with van der Waals surface area (Å²) in [6, 6.07) is 2.14. The van der Waals surface area contributed by atoms with Gasteiger partial charge in [-0.25, -0.2) is 0 Å². The lowest BCUT2D eigenvalue weighted by atomic mass is 9.73.